The number of ketones is 1. The summed E-state index contributed by atoms with van der Waals surface area (Å²) < 4.78 is 10.4. The van der Waals surface area contributed by atoms with Crippen LogP contribution < -0.4 is 10.5 Å². The number of nitrogens with zero attached hydrogens (tertiary/aromatic N) is 1. The summed E-state index contributed by atoms with van der Waals surface area (Å²) in [7, 11) is 0. The molecule has 0 aliphatic heterocycles. The quantitative estimate of drug-likeness (QED) is 0.174. The molecule has 1 amide bonds. The van der Waals surface area contributed by atoms with Crippen molar-refractivity contribution in [3.63, 3.8) is 0 Å². The molecule has 35 heavy (non-hydrogen) atoms. The number of aromatic amines is 1. The van der Waals surface area contributed by atoms with Gasteiger partial charge in [-0.3, -0.25) is 19.9 Å². The third-order valence-corrected chi connectivity index (χ3v) is 5.61. The number of Topliss-reactive ketones (excluding diaryl/α,β-unsaturated/α-hetero) is 1. The molecule has 4 N–H and O–H groups in total. The Morgan fingerprint density at radius 1 is 1.09 bits per heavy atom. The Labute approximate surface area is 203 Å². The Morgan fingerprint density at radius 2 is 1.80 bits per heavy atom. The largest absolute Gasteiger partial charge is 0.465 e. The number of nitrogens with one attached hydrogen (secondary N) is 2. The minimum atomic E-state index is -0.672. The van der Waals surface area contributed by atoms with Gasteiger partial charge in [0, 0.05) is 40.7 Å². The van der Waals surface area contributed by atoms with E-state index in [0.29, 0.717) is 29.4 Å². The maximum absolute atomic E-state index is 13.1. The fourth-order valence-corrected chi connectivity index (χ4v) is 3.80. The Balaban J connectivity index is 1.74. The van der Waals surface area contributed by atoms with Crippen LogP contribution in [0.2, 0.25) is 0 Å². The number of hydrogen-bond donors (Lipinski definition) is 3. The highest BCUT2D eigenvalue weighted by molar-refractivity contribution is 6.09. The van der Waals surface area contributed by atoms with Gasteiger partial charge in [0.25, 0.3) is 0 Å². The van der Waals surface area contributed by atoms with Crippen molar-refractivity contribution in [2.24, 2.45) is 5.73 Å². The van der Waals surface area contributed by atoms with Gasteiger partial charge in [-0.05, 0) is 51.0 Å². The van der Waals surface area contributed by atoms with E-state index >= 15 is 0 Å². The van der Waals surface area contributed by atoms with Crippen molar-refractivity contribution < 1.29 is 23.9 Å². The molecule has 9 nitrogen and oxygen atoms in total. The molecule has 9 heteroatoms. The van der Waals surface area contributed by atoms with Gasteiger partial charge in [-0.15, -0.1) is 0 Å². The lowest BCUT2D eigenvalue weighted by molar-refractivity contribution is -0.143. The number of fused-ring (bicyclic) bond motifs is 1. The van der Waals surface area contributed by atoms with Crippen LogP contribution in [0.5, 0.6) is 5.75 Å². The maximum Gasteiger partial charge on any atom is 0.415 e. The van der Waals surface area contributed by atoms with Gasteiger partial charge in [0.1, 0.15) is 18.1 Å². The van der Waals surface area contributed by atoms with Gasteiger partial charge in [-0.2, -0.15) is 0 Å². The molecule has 0 radical (unpaired) electrons. The molecule has 0 saturated heterocycles. The van der Waals surface area contributed by atoms with Crippen LogP contribution in [0.1, 0.15) is 47.4 Å². The molecule has 1 heterocycles. The lowest BCUT2D eigenvalue weighted by Gasteiger charge is -2.19. The summed E-state index contributed by atoms with van der Waals surface area (Å²) >= 11 is 0. The number of amides is 1. The third kappa shape index (κ3) is 6.26. The van der Waals surface area contributed by atoms with Gasteiger partial charge >= 0.3 is 12.1 Å². The van der Waals surface area contributed by atoms with Gasteiger partial charge in [-0.25, -0.2) is 4.79 Å². The highest BCUT2D eigenvalue weighted by atomic mass is 16.6. The zero-order valence-corrected chi connectivity index (χ0v) is 20.1. The van der Waals surface area contributed by atoms with Crippen LogP contribution >= 0.6 is 0 Å². The first-order valence-corrected chi connectivity index (χ1v) is 11.4. The maximum atomic E-state index is 13.1. The number of ether oxygens (including phenoxy) is 2. The highest BCUT2D eigenvalue weighted by Gasteiger charge is 2.20. The average molecular weight is 479 g/mol. The second-order valence-corrected chi connectivity index (χ2v) is 8.05. The van der Waals surface area contributed by atoms with Crippen molar-refractivity contribution in [1.29, 1.82) is 5.41 Å². The standard InChI is InChI=1S/C26H30N4O5/c1-4-30(15-23(32)34-5-2)26(33)35-19-11-12-21-20(14-19)24(16(3)29-21)22(31)13-8-17-6-9-18(10-7-17)25(27)28/h6-7,9-12,14,29H,4-5,8,13,15H2,1-3H3,(H3,27,28). The minimum absolute atomic E-state index is 0.00139. The molecule has 0 spiro atoms. The summed E-state index contributed by atoms with van der Waals surface area (Å²) in [5.41, 5.74) is 9.14. The predicted molar refractivity (Wildman–Crippen MR) is 133 cm³/mol. The van der Waals surface area contributed by atoms with E-state index < -0.39 is 12.1 Å². The number of rotatable bonds is 10. The summed E-state index contributed by atoms with van der Waals surface area (Å²) in [5, 5.41) is 8.14. The fourth-order valence-electron chi connectivity index (χ4n) is 3.80. The molecular formula is C26H30N4O5. The smallest absolute Gasteiger partial charge is 0.415 e. The molecule has 0 unspecified atom stereocenters. The second-order valence-electron chi connectivity index (χ2n) is 8.05. The molecule has 0 aliphatic carbocycles. The molecule has 3 aromatic rings. The van der Waals surface area contributed by atoms with E-state index in [1.807, 2.05) is 19.1 Å². The van der Waals surface area contributed by atoms with Crippen molar-refractivity contribution in [2.45, 2.75) is 33.6 Å². The van der Waals surface area contributed by atoms with Crippen LogP contribution in [0, 0.1) is 12.3 Å². The minimum Gasteiger partial charge on any atom is -0.465 e. The van der Waals surface area contributed by atoms with E-state index in [0.717, 1.165) is 16.8 Å². The molecule has 0 atom stereocenters. The molecule has 0 bridgehead atoms. The fraction of sp³-hybridized carbons (Fsp3) is 0.308. The number of aryl methyl sites for hydroxylation is 2. The van der Waals surface area contributed by atoms with Crippen LogP contribution in [0.15, 0.2) is 42.5 Å². The monoisotopic (exact) mass is 478 g/mol. The lowest BCUT2D eigenvalue weighted by atomic mass is 9.99. The predicted octanol–water partition coefficient (Wildman–Crippen LogP) is 3.96. The van der Waals surface area contributed by atoms with Gasteiger partial charge in [0.15, 0.2) is 5.78 Å². The summed E-state index contributed by atoms with van der Waals surface area (Å²) in [6.07, 6.45) is 0.159. The number of likely N-dealkylation sites (N-methyl/N-ethyl adjacent to an activating group) is 1. The van der Waals surface area contributed by atoms with Crippen LogP contribution in [0.25, 0.3) is 10.9 Å². The number of amidine groups is 1. The number of carbonyl (C=O) groups excluding carboxylic acids is 3. The number of H-pyrrole nitrogens is 1. The van der Waals surface area contributed by atoms with Crippen molar-refractivity contribution >= 4 is 34.6 Å². The Hall–Kier alpha value is -4.14. The Bertz CT molecular complexity index is 1250. The number of esters is 1. The van der Waals surface area contributed by atoms with Crippen LogP contribution in [0.3, 0.4) is 0 Å². The normalized spacial score (nSPS) is 10.7. The number of aromatic nitrogens is 1. The first kappa shape index (κ1) is 25.5. The topological polar surface area (TPSA) is 139 Å². The SMILES string of the molecule is CCOC(=O)CN(CC)C(=O)Oc1ccc2[nH]c(C)c(C(=O)CCc3ccc(C(=N)N)cc3)c2c1. The number of hydrogen-bond acceptors (Lipinski definition) is 6. The molecule has 0 fully saturated rings. The van der Waals surface area contributed by atoms with Crippen molar-refractivity contribution in [3.05, 3.63) is 64.8 Å². The number of nitrogen functional groups attached to an aromatic ring is 1. The third-order valence-electron chi connectivity index (χ3n) is 5.61. The Kier molecular flexibility index (Phi) is 8.25. The summed E-state index contributed by atoms with van der Waals surface area (Å²) in [5.74, 6) is -0.267. The summed E-state index contributed by atoms with van der Waals surface area (Å²) in [4.78, 5) is 41.9. The van der Waals surface area contributed by atoms with E-state index in [2.05, 4.69) is 4.98 Å². The first-order chi connectivity index (χ1) is 16.7. The van der Waals surface area contributed by atoms with Crippen molar-refractivity contribution in [1.82, 2.24) is 9.88 Å². The Morgan fingerprint density at radius 3 is 2.43 bits per heavy atom. The van der Waals surface area contributed by atoms with Crippen molar-refractivity contribution in [3.8, 4) is 5.75 Å². The molecule has 0 aliphatic rings. The number of nitrogens with two attached hydrogens (primary N) is 1. The van der Waals surface area contributed by atoms with E-state index in [9.17, 15) is 14.4 Å². The molecule has 184 valence electrons. The number of carbonyl (C=O) groups is 3. The van der Waals surface area contributed by atoms with E-state index in [-0.39, 0.29) is 37.1 Å². The summed E-state index contributed by atoms with van der Waals surface area (Å²) in [6.45, 7) is 5.58. The highest BCUT2D eigenvalue weighted by Crippen LogP contribution is 2.28. The lowest BCUT2D eigenvalue weighted by Crippen LogP contribution is -2.38. The molecule has 3 rings (SSSR count). The van der Waals surface area contributed by atoms with Crippen LogP contribution in [-0.2, 0) is 16.0 Å². The molecule has 1 aromatic heterocycles. The van der Waals surface area contributed by atoms with E-state index in [4.69, 9.17) is 20.6 Å². The van der Waals surface area contributed by atoms with Crippen LogP contribution in [0.4, 0.5) is 4.79 Å². The molecule has 0 saturated carbocycles. The average Bonchev–Trinajstić information content (AvgIpc) is 3.16. The van der Waals surface area contributed by atoms with Gasteiger partial charge in [0.2, 0.25) is 0 Å². The molecular weight excluding hydrogens is 448 g/mol. The zero-order chi connectivity index (χ0) is 25.5. The summed E-state index contributed by atoms with van der Waals surface area (Å²) in [6, 6.07) is 12.3. The van der Waals surface area contributed by atoms with Crippen molar-refractivity contribution in [2.75, 3.05) is 19.7 Å². The zero-order valence-electron chi connectivity index (χ0n) is 20.1. The van der Waals surface area contributed by atoms with Gasteiger partial charge in [-0.1, -0.05) is 24.3 Å². The van der Waals surface area contributed by atoms with Crippen LogP contribution in [-0.4, -0.2) is 53.3 Å². The first-order valence-electron chi connectivity index (χ1n) is 11.4. The van der Waals surface area contributed by atoms with Gasteiger partial charge in [0.05, 0.1) is 6.61 Å². The molecule has 2 aromatic carbocycles. The number of benzene rings is 2. The van der Waals surface area contributed by atoms with E-state index in [1.165, 1.54) is 4.90 Å². The van der Waals surface area contributed by atoms with E-state index in [1.54, 1.807) is 44.2 Å². The van der Waals surface area contributed by atoms with Gasteiger partial charge < -0.3 is 20.2 Å². The second kappa shape index (κ2) is 11.3.